The van der Waals surface area contributed by atoms with E-state index in [1.54, 1.807) is 48.5 Å². The highest BCUT2D eigenvalue weighted by Gasteiger charge is 2.31. The summed E-state index contributed by atoms with van der Waals surface area (Å²) in [7, 11) is -2.92. The molecule has 198 valence electrons. The van der Waals surface area contributed by atoms with Crippen LogP contribution >= 0.6 is 0 Å². The van der Waals surface area contributed by atoms with Crippen LogP contribution in [0.1, 0.15) is 15.9 Å². The first kappa shape index (κ1) is 25.5. The minimum Gasteiger partial charge on any atom is -0.465 e. The maximum Gasteiger partial charge on any atom is 0.338 e. The highest BCUT2D eigenvalue weighted by Crippen LogP contribution is 2.46. The number of benzene rings is 5. The smallest absolute Gasteiger partial charge is 0.338 e. The molecule has 6 rings (SSSR count). The average Bonchev–Trinajstić information content (AvgIpc) is 3.31. The molecule has 0 saturated heterocycles. The lowest BCUT2D eigenvalue weighted by Crippen LogP contribution is -2.14. The van der Waals surface area contributed by atoms with Crippen molar-refractivity contribution < 1.29 is 22.3 Å². The molecular weight excluding hydrogens is 525 g/mol. The van der Waals surface area contributed by atoms with Gasteiger partial charge in [-0.3, -0.25) is 0 Å². The summed E-state index contributed by atoms with van der Waals surface area (Å²) in [6.45, 7) is 1.87. The minimum atomic E-state index is -4.22. The van der Waals surface area contributed by atoms with Gasteiger partial charge in [-0.1, -0.05) is 78.4 Å². The van der Waals surface area contributed by atoms with E-state index >= 15 is 0 Å². The van der Waals surface area contributed by atoms with Crippen molar-refractivity contribution in [3.8, 4) is 22.4 Å². The molecule has 0 aliphatic carbocycles. The molecule has 1 heterocycles. The predicted octanol–water partition coefficient (Wildman–Crippen LogP) is 7.60. The fourth-order valence-corrected chi connectivity index (χ4v) is 6.77. The number of esters is 1. The number of nitrogens with zero attached hydrogens (tertiary/aromatic N) is 1. The van der Waals surface area contributed by atoms with E-state index in [2.05, 4.69) is 0 Å². The lowest BCUT2D eigenvalue weighted by molar-refractivity contribution is 0.0602. The maximum absolute atomic E-state index is 14.8. The Balaban J connectivity index is 1.87. The van der Waals surface area contributed by atoms with Gasteiger partial charge in [-0.05, 0) is 59.7 Å². The van der Waals surface area contributed by atoms with Gasteiger partial charge in [-0.2, -0.15) is 0 Å². The first-order chi connectivity index (χ1) is 19.3. The molecule has 0 fully saturated rings. The lowest BCUT2D eigenvalue weighted by atomic mass is 9.90. The predicted molar refractivity (Wildman–Crippen MR) is 155 cm³/mol. The van der Waals surface area contributed by atoms with Crippen molar-refractivity contribution in [2.45, 2.75) is 11.8 Å². The van der Waals surface area contributed by atoms with Crippen LogP contribution in [0.4, 0.5) is 4.39 Å². The van der Waals surface area contributed by atoms with Gasteiger partial charge < -0.3 is 4.74 Å². The topological polar surface area (TPSA) is 65.4 Å². The fourth-order valence-electron chi connectivity index (χ4n) is 5.23. The monoisotopic (exact) mass is 549 g/mol. The Hall–Kier alpha value is -4.75. The summed E-state index contributed by atoms with van der Waals surface area (Å²) in [4.78, 5) is 13.2. The molecule has 0 unspecified atom stereocenters. The molecule has 0 aliphatic rings. The maximum atomic E-state index is 14.8. The van der Waals surface area contributed by atoms with E-state index in [1.807, 2.05) is 55.5 Å². The molecule has 0 aliphatic heterocycles. The number of aromatic nitrogens is 1. The van der Waals surface area contributed by atoms with Crippen molar-refractivity contribution in [2.24, 2.45) is 0 Å². The van der Waals surface area contributed by atoms with Crippen LogP contribution in [-0.2, 0) is 14.8 Å². The molecule has 7 heteroatoms. The Morgan fingerprint density at radius 1 is 0.775 bits per heavy atom. The number of halogens is 1. The third-order valence-electron chi connectivity index (χ3n) is 7.08. The van der Waals surface area contributed by atoms with Crippen LogP contribution in [0.5, 0.6) is 0 Å². The van der Waals surface area contributed by atoms with Gasteiger partial charge in [0.15, 0.2) is 0 Å². The number of ether oxygens (including phenoxy) is 1. The second-order valence-electron chi connectivity index (χ2n) is 9.53. The number of hydrogen-bond acceptors (Lipinski definition) is 4. The van der Waals surface area contributed by atoms with E-state index in [9.17, 15) is 17.6 Å². The molecule has 0 atom stereocenters. The van der Waals surface area contributed by atoms with Crippen molar-refractivity contribution in [3.63, 3.8) is 0 Å². The van der Waals surface area contributed by atoms with Crippen LogP contribution in [0.3, 0.4) is 0 Å². The second-order valence-corrected chi connectivity index (χ2v) is 11.3. The summed E-state index contributed by atoms with van der Waals surface area (Å²) in [5.41, 5.74) is 3.27. The Morgan fingerprint density at radius 3 is 2.20 bits per heavy atom. The molecule has 0 radical (unpaired) electrons. The van der Waals surface area contributed by atoms with Crippen LogP contribution in [-0.4, -0.2) is 25.5 Å². The van der Waals surface area contributed by atoms with Crippen molar-refractivity contribution in [3.05, 3.63) is 126 Å². The van der Waals surface area contributed by atoms with E-state index in [4.69, 9.17) is 4.74 Å². The van der Waals surface area contributed by atoms with Crippen LogP contribution in [0.15, 0.2) is 114 Å². The molecule has 0 bridgehead atoms. The number of aryl methyl sites for hydroxylation is 1. The van der Waals surface area contributed by atoms with Crippen molar-refractivity contribution in [2.75, 3.05) is 7.11 Å². The first-order valence-corrected chi connectivity index (χ1v) is 14.1. The van der Waals surface area contributed by atoms with Gasteiger partial charge in [0, 0.05) is 16.5 Å². The summed E-state index contributed by atoms with van der Waals surface area (Å²) in [6, 6.07) is 30.7. The van der Waals surface area contributed by atoms with E-state index in [0.717, 1.165) is 16.3 Å². The number of hydrogen-bond donors (Lipinski definition) is 0. The van der Waals surface area contributed by atoms with Gasteiger partial charge in [0.1, 0.15) is 5.82 Å². The Bertz CT molecular complexity index is 2030. The largest absolute Gasteiger partial charge is 0.465 e. The number of carbonyl (C=O) groups excluding carboxylic acids is 1. The summed E-state index contributed by atoms with van der Waals surface area (Å²) in [5, 5.41) is 2.07. The minimum absolute atomic E-state index is 0.0640. The molecule has 1 aromatic heterocycles. The molecule has 0 spiro atoms. The standard InChI is InChI=1S/C33H24FNO4S/c1-21-12-16-25(17-13-21)40(37,38)35-29-20-24(34)15-19-27(29)31(32(35)23-9-4-3-5-10-23)30-26-11-7-6-8-22(26)14-18-28(30)33(36)39-2/h3-20H,1-2H3. The van der Waals surface area contributed by atoms with E-state index < -0.39 is 21.8 Å². The molecule has 0 N–H and O–H groups in total. The SMILES string of the molecule is COC(=O)c1ccc2ccccc2c1-c1c(-c2ccccc2)n(S(=O)(=O)c2ccc(C)cc2)c2cc(F)ccc12. The molecule has 40 heavy (non-hydrogen) atoms. The van der Waals surface area contributed by atoms with Crippen molar-refractivity contribution >= 4 is 37.7 Å². The molecular formula is C33H24FNO4S. The fraction of sp³-hybridized carbons (Fsp3) is 0.0606. The summed E-state index contributed by atoms with van der Waals surface area (Å²) < 4.78 is 50.0. The van der Waals surface area contributed by atoms with Crippen LogP contribution in [0.2, 0.25) is 0 Å². The van der Waals surface area contributed by atoms with Crippen molar-refractivity contribution in [1.82, 2.24) is 3.97 Å². The third kappa shape index (κ3) is 4.06. The van der Waals surface area contributed by atoms with Crippen molar-refractivity contribution in [1.29, 1.82) is 0 Å². The second kappa shape index (κ2) is 9.77. The third-order valence-corrected chi connectivity index (χ3v) is 8.81. The molecule has 0 saturated carbocycles. The van der Waals surface area contributed by atoms with Gasteiger partial charge in [-0.25, -0.2) is 21.6 Å². The highest BCUT2D eigenvalue weighted by atomic mass is 32.2. The zero-order chi connectivity index (χ0) is 28.0. The molecule has 0 amide bonds. The summed E-state index contributed by atoms with van der Waals surface area (Å²) in [6.07, 6.45) is 0. The van der Waals surface area contributed by atoms with E-state index in [0.29, 0.717) is 27.8 Å². The number of carbonyl (C=O) groups is 1. The Morgan fingerprint density at radius 2 is 1.48 bits per heavy atom. The van der Waals surface area contributed by atoms with Gasteiger partial charge in [0.05, 0.1) is 28.8 Å². The molecule has 6 aromatic rings. The number of methoxy groups -OCH3 is 1. The van der Waals surface area contributed by atoms with Gasteiger partial charge in [0.2, 0.25) is 0 Å². The van der Waals surface area contributed by atoms with E-state index in [1.165, 1.54) is 23.2 Å². The van der Waals surface area contributed by atoms with Gasteiger partial charge >= 0.3 is 5.97 Å². The van der Waals surface area contributed by atoms with Crippen LogP contribution in [0, 0.1) is 12.7 Å². The highest BCUT2D eigenvalue weighted by molar-refractivity contribution is 7.90. The Labute approximate surface area is 231 Å². The number of rotatable bonds is 5. The zero-order valence-electron chi connectivity index (χ0n) is 21.8. The van der Waals surface area contributed by atoms with Crippen LogP contribution < -0.4 is 0 Å². The lowest BCUT2D eigenvalue weighted by Gasteiger charge is -2.16. The normalized spacial score (nSPS) is 11.7. The zero-order valence-corrected chi connectivity index (χ0v) is 22.6. The van der Waals surface area contributed by atoms with E-state index in [-0.39, 0.29) is 16.0 Å². The summed E-state index contributed by atoms with van der Waals surface area (Å²) in [5.74, 6) is -1.15. The molecule has 5 aromatic carbocycles. The van der Waals surface area contributed by atoms with Gasteiger partial charge in [0.25, 0.3) is 10.0 Å². The Kier molecular flexibility index (Phi) is 6.24. The first-order valence-electron chi connectivity index (χ1n) is 12.6. The number of fused-ring (bicyclic) bond motifs is 2. The quantitative estimate of drug-likeness (QED) is 0.208. The molecule has 5 nitrogen and oxygen atoms in total. The van der Waals surface area contributed by atoms with Gasteiger partial charge in [-0.15, -0.1) is 0 Å². The average molecular weight is 550 g/mol. The van der Waals surface area contributed by atoms with Crippen LogP contribution in [0.25, 0.3) is 44.1 Å². The summed E-state index contributed by atoms with van der Waals surface area (Å²) >= 11 is 0.